The van der Waals surface area contributed by atoms with Crippen LogP contribution in [0.15, 0.2) is 91.6 Å². The van der Waals surface area contributed by atoms with Crippen molar-refractivity contribution >= 4 is 42.4 Å². The summed E-state index contributed by atoms with van der Waals surface area (Å²) in [5.74, 6) is -0.730. The highest BCUT2D eigenvalue weighted by molar-refractivity contribution is 7.46. The van der Waals surface area contributed by atoms with Gasteiger partial charge in [-0.1, -0.05) is 73.7 Å². The fourth-order valence-electron chi connectivity index (χ4n) is 7.04. The van der Waals surface area contributed by atoms with Crippen molar-refractivity contribution in [2.75, 3.05) is 19.6 Å². The second-order valence-corrected chi connectivity index (χ2v) is 14.0. The molecule has 2 aliphatic rings. The molecule has 3 N–H and O–H groups in total. The Kier molecular flexibility index (Phi) is 10.6. The fraction of sp³-hybridized carbons (Fsp3) is 0.297. The molecule has 272 valence electrons. The lowest BCUT2D eigenvalue weighted by atomic mass is 9.98. The highest BCUT2D eigenvalue weighted by atomic mass is 31.2. The number of aromatic nitrogens is 1. The highest BCUT2D eigenvalue weighted by Crippen LogP contribution is 2.38. The number of amides is 4. The summed E-state index contributed by atoms with van der Waals surface area (Å²) < 4.78 is 17.9. The molecular formula is C37H41N6O8P. The molecule has 0 aliphatic carbocycles. The van der Waals surface area contributed by atoms with E-state index >= 15 is 0 Å². The van der Waals surface area contributed by atoms with Crippen molar-refractivity contribution in [3.63, 3.8) is 0 Å². The second kappa shape index (κ2) is 15.1. The minimum atomic E-state index is -4.79. The first kappa shape index (κ1) is 36.5. The zero-order valence-electron chi connectivity index (χ0n) is 28.9. The molecular weight excluding hydrogens is 687 g/mol. The molecule has 2 aliphatic heterocycles. The average Bonchev–Trinajstić information content (AvgIpc) is 3.46. The normalized spacial score (nSPS) is 18.0. The predicted octanol–water partition coefficient (Wildman–Crippen LogP) is 3.98. The van der Waals surface area contributed by atoms with Gasteiger partial charge in [0.1, 0.15) is 18.0 Å². The van der Waals surface area contributed by atoms with E-state index in [0.29, 0.717) is 17.5 Å². The van der Waals surface area contributed by atoms with E-state index in [1.807, 2.05) is 67.1 Å². The maximum Gasteiger partial charge on any atom is 0.524 e. The van der Waals surface area contributed by atoms with Crippen LogP contribution in [0.4, 0.5) is 4.79 Å². The summed E-state index contributed by atoms with van der Waals surface area (Å²) in [6, 6.07) is 19.5. The third-order valence-electron chi connectivity index (χ3n) is 9.31. The van der Waals surface area contributed by atoms with E-state index in [1.165, 1.54) is 22.0 Å². The van der Waals surface area contributed by atoms with E-state index in [4.69, 9.17) is 4.52 Å². The van der Waals surface area contributed by atoms with E-state index in [0.717, 1.165) is 22.0 Å². The summed E-state index contributed by atoms with van der Waals surface area (Å²) in [7, 11) is -2.93. The van der Waals surface area contributed by atoms with Crippen LogP contribution in [-0.2, 0) is 40.7 Å². The second-order valence-electron chi connectivity index (χ2n) is 12.8. The Hall–Kier alpha value is -5.27. The summed E-state index contributed by atoms with van der Waals surface area (Å²) in [5.41, 5.74) is 3.68. The van der Waals surface area contributed by atoms with Crippen LogP contribution in [0.25, 0.3) is 10.9 Å². The Bertz CT molecular complexity index is 2050. The molecule has 4 amide bonds. The Morgan fingerprint density at radius 1 is 1.02 bits per heavy atom. The number of fused-ring (bicyclic) bond motifs is 2. The molecule has 3 heterocycles. The third-order valence-corrected chi connectivity index (χ3v) is 9.76. The molecule has 0 saturated carbocycles. The number of carbonyl (C=O) groups is 4. The first-order valence-corrected chi connectivity index (χ1v) is 18.4. The van der Waals surface area contributed by atoms with Crippen LogP contribution < -0.4 is 9.84 Å². The van der Waals surface area contributed by atoms with E-state index in [-0.39, 0.29) is 62.5 Å². The lowest BCUT2D eigenvalue weighted by Gasteiger charge is -2.55. The van der Waals surface area contributed by atoms with Crippen molar-refractivity contribution in [2.24, 2.45) is 7.05 Å². The molecule has 3 aromatic carbocycles. The monoisotopic (exact) mass is 728 g/mol. The molecule has 14 nitrogen and oxygen atoms in total. The summed E-state index contributed by atoms with van der Waals surface area (Å²) in [6.45, 7) is 6.06. The molecule has 2 atom stereocenters. The van der Waals surface area contributed by atoms with Gasteiger partial charge in [0, 0.05) is 56.7 Å². The minimum Gasteiger partial charge on any atom is -0.404 e. The largest absolute Gasteiger partial charge is 0.524 e. The molecule has 15 heteroatoms. The van der Waals surface area contributed by atoms with Crippen LogP contribution >= 0.6 is 7.82 Å². The lowest BCUT2D eigenvalue weighted by molar-refractivity contribution is -0.189. The number of hydrazine groups is 1. The fourth-order valence-corrected chi connectivity index (χ4v) is 7.44. The Morgan fingerprint density at radius 3 is 2.42 bits per heavy atom. The zero-order valence-corrected chi connectivity index (χ0v) is 29.8. The van der Waals surface area contributed by atoms with Crippen molar-refractivity contribution in [1.29, 1.82) is 0 Å². The van der Waals surface area contributed by atoms with Crippen molar-refractivity contribution in [3.8, 4) is 5.75 Å². The highest BCUT2D eigenvalue weighted by Gasteiger charge is 2.51. The van der Waals surface area contributed by atoms with Gasteiger partial charge in [-0.2, -0.15) is 0 Å². The number of nitrogens with one attached hydrogen (secondary N) is 1. The molecule has 52 heavy (non-hydrogen) atoms. The van der Waals surface area contributed by atoms with Crippen LogP contribution in [0.2, 0.25) is 0 Å². The number of phosphoric ester groups is 1. The number of ketones is 1. The molecule has 2 saturated heterocycles. The Labute approximate surface area is 301 Å². The number of piperazine rings is 1. The van der Waals surface area contributed by atoms with Gasteiger partial charge in [0.25, 0.3) is 0 Å². The predicted molar refractivity (Wildman–Crippen MR) is 192 cm³/mol. The molecule has 4 aromatic rings. The van der Waals surface area contributed by atoms with Gasteiger partial charge in [-0.15, -0.1) is 6.58 Å². The van der Waals surface area contributed by atoms with Gasteiger partial charge in [-0.05, 0) is 28.8 Å². The standard InChI is InChI=1S/C37H41N6O8P/c1-4-18-41-24-34(45)42-31(19-25-14-16-28(17-15-25)51-52(48,49)50)36(46)40(23-33(42)43(41)37(47)38-20-26-10-7-6-8-11-26)21-27-12-9-13-29-30(32(44)5-2)22-39(3)35(27)29/h4,6-17,22,31,33H,1,5,18-21,23-24H2,2-3H3,(H,38,47)(H2,48,49,50)/t31-,33-/m0/s1. The van der Waals surface area contributed by atoms with Gasteiger partial charge >= 0.3 is 13.9 Å². The molecule has 0 spiro atoms. The van der Waals surface area contributed by atoms with Crippen LogP contribution in [0.5, 0.6) is 5.75 Å². The SMILES string of the molecule is C=CCN1CC(=O)N2[C@@H](Cc3ccc(OP(=O)(O)O)cc3)C(=O)N(Cc3cccc4c(C(=O)CC)cn(C)c34)C[C@@H]2N1C(=O)NCc1ccccc1. The zero-order chi connectivity index (χ0) is 37.2. The average molecular weight is 729 g/mol. The molecule has 1 aromatic heterocycles. The number of hydrogen-bond acceptors (Lipinski definition) is 7. The number of nitrogens with zero attached hydrogens (tertiary/aromatic N) is 5. The quantitative estimate of drug-likeness (QED) is 0.111. The summed E-state index contributed by atoms with van der Waals surface area (Å²) in [4.78, 5) is 77.0. The van der Waals surface area contributed by atoms with Crippen LogP contribution in [-0.4, -0.2) is 89.6 Å². The number of para-hydroxylation sites is 1. The van der Waals surface area contributed by atoms with E-state index in [9.17, 15) is 33.5 Å². The van der Waals surface area contributed by atoms with Gasteiger partial charge in [0.15, 0.2) is 5.78 Å². The number of carbonyl (C=O) groups excluding carboxylic acids is 4. The first-order chi connectivity index (χ1) is 24.9. The summed E-state index contributed by atoms with van der Waals surface area (Å²) >= 11 is 0. The van der Waals surface area contributed by atoms with Gasteiger partial charge in [0.05, 0.1) is 18.6 Å². The van der Waals surface area contributed by atoms with Gasteiger partial charge in [-0.3, -0.25) is 24.2 Å². The number of benzene rings is 3. The van der Waals surface area contributed by atoms with Crippen molar-refractivity contribution in [2.45, 2.75) is 45.1 Å². The first-order valence-electron chi connectivity index (χ1n) is 16.9. The van der Waals surface area contributed by atoms with Crippen molar-refractivity contribution in [3.05, 3.63) is 114 Å². The summed E-state index contributed by atoms with van der Waals surface area (Å²) in [5, 5.41) is 6.87. The van der Waals surface area contributed by atoms with Crippen molar-refractivity contribution in [1.82, 2.24) is 29.7 Å². The molecule has 6 rings (SSSR count). The maximum atomic E-state index is 14.6. The number of urea groups is 1. The molecule has 0 unspecified atom stereocenters. The minimum absolute atomic E-state index is 0.00406. The Morgan fingerprint density at radius 2 is 1.75 bits per heavy atom. The molecule has 2 fully saturated rings. The van der Waals surface area contributed by atoms with E-state index < -0.39 is 26.1 Å². The number of phosphoric acid groups is 1. The number of rotatable bonds is 12. The smallest absolute Gasteiger partial charge is 0.404 e. The van der Waals surface area contributed by atoms with Crippen LogP contribution in [0, 0.1) is 0 Å². The molecule has 0 bridgehead atoms. The Balaban J connectivity index is 1.38. The number of Topliss-reactive ketones (excluding diaryl/α,β-unsaturated/α-hetero) is 1. The summed E-state index contributed by atoms with van der Waals surface area (Å²) in [6.07, 6.45) is 2.92. The molecule has 0 radical (unpaired) electrons. The third kappa shape index (κ3) is 7.65. The lowest BCUT2D eigenvalue weighted by Crippen LogP contribution is -2.76. The van der Waals surface area contributed by atoms with E-state index in [2.05, 4.69) is 11.9 Å². The number of hydrogen-bond donors (Lipinski definition) is 3. The number of aryl methyl sites for hydroxylation is 1. The van der Waals surface area contributed by atoms with Gasteiger partial charge in [-0.25, -0.2) is 19.4 Å². The van der Waals surface area contributed by atoms with Gasteiger partial charge in [0.2, 0.25) is 11.8 Å². The van der Waals surface area contributed by atoms with Crippen LogP contribution in [0.3, 0.4) is 0 Å². The van der Waals surface area contributed by atoms with Gasteiger partial charge < -0.3 is 24.2 Å². The topological polar surface area (TPSA) is 165 Å². The maximum absolute atomic E-state index is 14.6. The van der Waals surface area contributed by atoms with Crippen LogP contribution in [0.1, 0.15) is 40.4 Å². The van der Waals surface area contributed by atoms with E-state index in [1.54, 1.807) is 34.3 Å². The van der Waals surface area contributed by atoms with Crippen molar-refractivity contribution < 1.29 is 38.1 Å².